The number of carbonyl (C=O) groups is 1. The quantitative estimate of drug-likeness (QED) is 0.750. The number of halogens is 1. The fourth-order valence-electron chi connectivity index (χ4n) is 1.05. The Morgan fingerprint density at radius 2 is 2.25 bits per heavy atom. The molecule has 1 aromatic rings. The molecule has 16 heavy (non-hydrogen) atoms. The van der Waals surface area contributed by atoms with E-state index < -0.39 is 5.97 Å². The molecule has 0 spiro atoms. The molecular weight excluding hydrogens is 232 g/mol. The molecule has 1 heterocycles. The second-order valence-electron chi connectivity index (χ2n) is 2.92. The Bertz CT molecular complexity index is 421. The maximum Gasteiger partial charge on any atom is 0.358 e. The minimum absolute atomic E-state index is 0.0569. The molecule has 0 saturated heterocycles. The lowest BCUT2D eigenvalue weighted by atomic mass is 10.2. The van der Waals surface area contributed by atoms with Crippen LogP contribution in [0.5, 0.6) is 0 Å². The van der Waals surface area contributed by atoms with Crippen LogP contribution in [0.3, 0.4) is 0 Å². The SMILES string of the molecule is C=C(COC)c1ncc(C(=O)OC)nc1Cl. The summed E-state index contributed by atoms with van der Waals surface area (Å²) in [6, 6.07) is 0. The third-order valence-electron chi connectivity index (χ3n) is 1.78. The molecular formula is C10H11ClN2O3. The van der Waals surface area contributed by atoms with Gasteiger partial charge in [0.25, 0.3) is 0 Å². The molecule has 0 aliphatic heterocycles. The monoisotopic (exact) mass is 242 g/mol. The van der Waals surface area contributed by atoms with Gasteiger partial charge in [0.15, 0.2) is 10.8 Å². The second kappa shape index (κ2) is 5.58. The maximum absolute atomic E-state index is 11.1. The molecule has 0 unspecified atom stereocenters. The summed E-state index contributed by atoms with van der Waals surface area (Å²) in [4.78, 5) is 19.0. The van der Waals surface area contributed by atoms with Gasteiger partial charge in [-0.3, -0.25) is 4.98 Å². The molecule has 0 saturated carbocycles. The van der Waals surface area contributed by atoms with E-state index in [2.05, 4.69) is 21.3 Å². The van der Waals surface area contributed by atoms with Gasteiger partial charge in [0.05, 0.1) is 19.9 Å². The Kier molecular flexibility index (Phi) is 4.39. The van der Waals surface area contributed by atoms with Crippen LogP contribution in [0.25, 0.3) is 5.57 Å². The highest BCUT2D eigenvalue weighted by Gasteiger charge is 2.13. The number of esters is 1. The minimum Gasteiger partial charge on any atom is -0.464 e. The third kappa shape index (κ3) is 2.77. The number of hydrogen-bond acceptors (Lipinski definition) is 5. The van der Waals surface area contributed by atoms with Gasteiger partial charge in [-0.2, -0.15) is 0 Å². The maximum atomic E-state index is 11.1. The van der Waals surface area contributed by atoms with E-state index >= 15 is 0 Å². The number of rotatable bonds is 4. The number of nitrogens with zero attached hydrogens (tertiary/aromatic N) is 2. The van der Waals surface area contributed by atoms with Gasteiger partial charge in [-0.05, 0) is 5.57 Å². The van der Waals surface area contributed by atoms with Gasteiger partial charge in [0, 0.05) is 7.11 Å². The summed E-state index contributed by atoms with van der Waals surface area (Å²) >= 11 is 5.86. The summed E-state index contributed by atoms with van der Waals surface area (Å²) in [5.41, 5.74) is 1.06. The predicted octanol–water partition coefficient (Wildman–Crippen LogP) is 1.58. The first-order valence-electron chi connectivity index (χ1n) is 4.38. The molecule has 0 amide bonds. The van der Waals surface area contributed by atoms with Crippen LogP contribution in [0.4, 0.5) is 0 Å². The van der Waals surface area contributed by atoms with Crippen molar-refractivity contribution < 1.29 is 14.3 Å². The van der Waals surface area contributed by atoms with Gasteiger partial charge >= 0.3 is 5.97 Å². The van der Waals surface area contributed by atoms with Crippen LogP contribution in [0.2, 0.25) is 5.15 Å². The highest BCUT2D eigenvalue weighted by molar-refractivity contribution is 6.31. The van der Waals surface area contributed by atoms with Crippen LogP contribution < -0.4 is 0 Å². The molecule has 86 valence electrons. The summed E-state index contributed by atoms with van der Waals surface area (Å²) in [7, 11) is 2.80. The number of methoxy groups -OCH3 is 2. The largest absolute Gasteiger partial charge is 0.464 e. The number of hydrogen-bond donors (Lipinski definition) is 0. The third-order valence-corrected chi connectivity index (χ3v) is 2.04. The lowest BCUT2D eigenvalue weighted by Crippen LogP contribution is -2.07. The zero-order chi connectivity index (χ0) is 12.1. The normalized spacial score (nSPS) is 9.94. The Balaban J connectivity index is 3.00. The summed E-state index contributed by atoms with van der Waals surface area (Å²) in [6.07, 6.45) is 1.29. The number of ether oxygens (including phenoxy) is 2. The van der Waals surface area contributed by atoms with E-state index in [0.717, 1.165) is 0 Å². The lowest BCUT2D eigenvalue weighted by molar-refractivity contribution is 0.0593. The first-order valence-corrected chi connectivity index (χ1v) is 4.76. The average molecular weight is 243 g/mol. The van der Waals surface area contributed by atoms with Crippen molar-refractivity contribution in [3.8, 4) is 0 Å². The number of aromatic nitrogens is 2. The molecule has 0 fully saturated rings. The van der Waals surface area contributed by atoms with E-state index in [4.69, 9.17) is 16.3 Å². The van der Waals surface area contributed by atoms with Crippen molar-refractivity contribution in [1.82, 2.24) is 9.97 Å². The molecule has 0 N–H and O–H groups in total. The van der Waals surface area contributed by atoms with Crippen molar-refractivity contribution in [3.63, 3.8) is 0 Å². The van der Waals surface area contributed by atoms with Crippen LogP contribution in [0.1, 0.15) is 16.2 Å². The van der Waals surface area contributed by atoms with Gasteiger partial charge < -0.3 is 9.47 Å². The molecule has 1 rings (SSSR count). The van der Waals surface area contributed by atoms with E-state index in [1.54, 1.807) is 0 Å². The molecule has 0 aliphatic carbocycles. The van der Waals surface area contributed by atoms with Gasteiger partial charge in [-0.1, -0.05) is 18.2 Å². The summed E-state index contributed by atoms with van der Waals surface area (Å²) in [5, 5.41) is 0.102. The van der Waals surface area contributed by atoms with Gasteiger partial charge in [0.1, 0.15) is 5.69 Å². The Labute approximate surface area is 98.1 Å². The average Bonchev–Trinajstić information content (AvgIpc) is 2.28. The van der Waals surface area contributed by atoms with Crippen LogP contribution in [0, 0.1) is 0 Å². The molecule has 6 heteroatoms. The van der Waals surface area contributed by atoms with Crippen LogP contribution in [0.15, 0.2) is 12.8 Å². The smallest absolute Gasteiger partial charge is 0.358 e. The molecule has 0 aromatic carbocycles. The van der Waals surface area contributed by atoms with Crippen LogP contribution in [-0.4, -0.2) is 36.8 Å². The van der Waals surface area contributed by atoms with Crippen molar-refractivity contribution in [3.05, 3.63) is 29.3 Å². The molecule has 0 radical (unpaired) electrons. The van der Waals surface area contributed by atoms with E-state index in [0.29, 0.717) is 17.9 Å². The molecule has 0 aliphatic rings. The summed E-state index contributed by atoms with van der Waals surface area (Å²) in [6.45, 7) is 4.04. The van der Waals surface area contributed by atoms with Crippen LogP contribution in [-0.2, 0) is 9.47 Å². The van der Waals surface area contributed by atoms with E-state index in [1.165, 1.54) is 20.4 Å². The summed E-state index contributed by atoms with van der Waals surface area (Å²) in [5.74, 6) is -0.585. The van der Waals surface area contributed by atoms with E-state index in [1.807, 2.05) is 0 Å². The van der Waals surface area contributed by atoms with Crippen LogP contribution >= 0.6 is 11.6 Å². The van der Waals surface area contributed by atoms with E-state index in [9.17, 15) is 4.79 Å². The summed E-state index contributed by atoms with van der Waals surface area (Å²) < 4.78 is 9.39. The van der Waals surface area contributed by atoms with Gasteiger partial charge in [-0.15, -0.1) is 0 Å². The van der Waals surface area contributed by atoms with Crippen molar-refractivity contribution in [2.45, 2.75) is 0 Å². The van der Waals surface area contributed by atoms with Gasteiger partial charge in [-0.25, -0.2) is 9.78 Å². The Morgan fingerprint density at radius 1 is 1.56 bits per heavy atom. The lowest BCUT2D eigenvalue weighted by Gasteiger charge is -2.06. The zero-order valence-corrected chi connectivity index (χ0v) is 9.74. The van der Waals surface area contributed by atoms with Crippen molar-refractivity contribution >= 4 is 23.1 Å². The highest BCUT2D eigenvalue weighted by Crippen LogP contribution is 2.18. The Hall–Kier alpha value is -1.46. The standard InChI is InChI=1S/C10H11ClN2O3/c1-6(5-15-2)8-9(11)13-7(4-12-8)10(14)16-3/h4H,1,5H2,2-3H3. The minimum atomic E-state index is -0.585. The first-order chi connectivity index (χ1) is 7.60. The van der Waals surface area contributed by atoms with Gasteiger partial charge in [0.2, 0.25) is 0 Å². The van der Waals surface area contributed by atoms with E-state index in [-0.39, 0.29) is 10.8 Å². The van der Waals surface area contributed by atoms with Crippen molar-refractivity contribution in [2.75, 3.05) is 20.8 Å². The second-order valence-corrected chi connectivity index (χ2v) is 3.28. The molecule has 0 bridgehead atoms. The van der Waals surface area contributed by atoms with Crippen molar-refractivity contribution in [1.29, 1.82) is 0 Å². The fourth-order valence-corrected chi connectivity index (χ4v) is 1.32. The highest BCUT2D eigenvalue weighted by atomic mass is 35.5. The topological polar surface area (TPSA) is 61.3 Å². The first kappa shape index (κ1) is 12.6. The zero-order valence-electron chi connectivity index (χ0n) is 8.99. The molecule has 1 aromatic heterocycles. The molecule has 0 atom stereocenters. The number of carbonyl (C=O) groups excluding carboxylic acids is 1. The fraction of sp³-hybridized carbons (Fsp3) is 0.300. The van der Waals surface area contributed by atoms with Crippen molar-refractivity contribution in [2.24, 2.45) is 0 Å². The predicted molar refractivity (Wildman–Crippen MR) is 59.3 cm³/mol. The molecule has 5 nitrogen and oxygen atoms in total. The Morgan fingerprint density at radius 3 is 2.75 bits per heavy atom.